The van der Waals surface area contributed by atoms with Gasteiger partial charge in [0.2, 0.25) is 0 Å². The minimum atomic E-state index is -2.87. The van der Waals surface area contributed by atoms with E-state index in [0.717, 1.165) is 11.0 Å². The Morgan fingerprint density at radius 3 is 2.62 bits per heavy atom. The number of benzene rings is 1. The second kappa shape index (κ2) is 5.80. The number of hydrogen-bond donors (Lipinski definition) is 0. The number of nitrogens with zero attached hydrogens (tertiary/aromatic N) is 1. The van der Waals surface area contributed by atoms with Gasteiger partial charge in [0.15, 0.2) is 0 Å². The SMILES string of the molecule is CN(CCS(C)(=O)=O)Cc1cccc(Br)c1. The molecule has 0 aliphatic carbocycles. The van der Waals surface area contributed by atoms with Gasteiger partial charge in [-0.2, -0.15) is 0 Å². The van der Waals surface area contributed by atoms with Crippen LogP contribution < -0.4 is 0 Å². The van der Waals surface area contributed by atoms with Crippen LogP contribution in [0.5, 0.6) is 0 Å². The third kappa shape index (κ3) is 5.63. The Hall–Kier alpha value is -0.390. The Morgan fingerprint density at radius 1 is 1.38 bits per heavy atom. The van der Waals surface area contributed by atoms with Crippen LogP contribution >= 0.6 is 15.9 Å². The van der Waals surface area contributed by atoms with Crippen molar-refractivity contribution in [2.75, 3.05) is 25.6 Å². The maximum absolute atomic E-state index is 11.0. The largest absolute Gasteiger partial charge is 0.301 e. The minimum absolute atomic E-state index is 0.206. The fourth-order valence-corrected chi connectivity index (χ4v) is 2.44. The molecule has 90 valence electrons. The van der Waals surface area contributed by atoms with E-state index >= 15 is 0 Å². The third-order valence-electron chi connectivity index (χ3n) is 2.19. The Bertz CT molecular complexity index is 445. The first-order valence-corrected chi connectivity index (χ1v) is 7.83. The molecule has 0 saturated carbocycles. The molecule has 0 spiro atoms. The average molecular weight is 306 g/mol. The Balaban J connectivity index is 2.49. The van der Waals surface area contributed by atoms with Gasteiger partial charge in [0.1, 0.15) is 9.84 Å². The molecule has 0 bridgehead atoms. The smallest absolute Gasteiger partial charge is 0.148 e. The predicted octanol–water partition coefficient (Wildman–Crippen LogP) is 1.93. The lowest BCUT2D eigenvalue weighted by atomic mass is 10.2. The second-order valence-corrected chi connectivity index (χ2v) is 7.17. The molecule has 5 heteroatoms. The van der Waals surface area contributed by atoms with E-state index in [1.807, 2.05) is 36.2 Å². The maximum Gasteiger partial charge on any atom is 0.148 e. The predicted molar refractivity (Wildman–Crippen MR) is 70.2 cm³/mol. The molecular weight excluding hydrogens is 290 g/mol. The van der Waals surface area contributed by atoms with E-state index in [2.05, 4.69) is 15.9 Å². The highest BCUT2D eigenvalue weighted by Crippen LogP contribution is 2.12. The molecule has 0 aromatic heterocycles. The van der Waals surface area contributed by atoms with Crippen molar-refractivity contribution in [1.82, 2.24) is 4.90 Å². The van der Waals surface area contributed by atoms with E-state index in [-0.39, 0.29) is 5.75 Å². The molecular formula is C11H16BrNO2S. The average Bonchev–Trinajstić information content (AvgIpc) is 2.14. The summed E-state index contributed by atoms with van der Waals surface area (Å²) in [6.07, 6.45) is 1.26. The van der Waals surface area contributed by atoms with Crippen molar-refractivity contribution in [2.45, 2.75) is 6.54 Å². The zero-order valence-corrected chi connectivity index (χ0v) is 11.9. The number of hydrogen-bond acceptors (Lipinski definition) is 3. The van der Waals surface area contributed by atoms with Crippen LogP contribution in [0.2, 0.25) is 0 Å². The molecule has 0 saturated heterocycles. The highest BCUT2D eigenvalue weighted by molar-refractivity contribution is 9.10. The lowest BCUT2D eigenvalue weighted by molar-refractivity contribution is 0.346. The first kappa shape index (κ1) is 13.7. The van der Waals surface area contributed by atoms with Crippen molar-refractivity contribution >= 4 is 25.8 Å². The van der Waals surface area contributed by atoms with E-state index in [1.54, 1.807) is 0 Å². The molecule has 3 nitrogen and oxygen atoms in total. The molecule has 0 aliphatic rings. The summed E-state index contributed by atoms with van der Waals surface area (Å²) in [7, 11) is -0.948. The van der Waals surface area contributed by atoms with Crippen LogP contribution in [0, 0.1) is 0 Å². The summed E-state index contributed by atoms with van der Waals surface area (Å²) < 4.78 is 23.1. The third-order valence-corrected chi connectivity index (χ3v) is 3.60. The fourth-order valence-electron chi connectivity index (χ4n) is 1.35. The van der Waals surface area contributed by atoms with Crippen LogP contribution in [0.25, 0.3) is 0 Å². The van der Waals surface area contributed by atoms with E-state index in [4.69, 9.17) is 0 Å². The molecule has 0 N–H and O–H groups in total. The van der Waals surface area contributed by atoms with Crippen LogP contribution in [-0.2, 0) is 16.4 Å². The van der Waals surface area contributed by atoms with Crippen LogP contribution in [0.3, 0.4) is 0 Å². The maximum atomic E-state index is 11.0. The van der Waals surface area contributed by atoms with Gasteiger partial charge in [0.05, 0.1) is 5.75 Å². The van der Waals surface area contributed by atoms with Crippen molar-refractivity contribution in [3.05, 3.63) is 34.3 Å². The molecule has 1 aromatic carbocycles. The summed E-state index contributed by atoms with van der Waals surface area (Å²) in [5.74, 6) is 0.206. The Kier molecular flexibility index (Phi) is 4.95. The molecule has 0 radical (unpaired) electrons. The van der Waals surface area contributed by atoms with E-state index < -0.39 is 9.84 Å². The van der Waals surface area contributed by atoms with Crippen LogP contribution in [0.1, 0.15) is 5.56 Å². The summed E-state index contributed by atoms with van der Waals surface area (Å²) in [4.78, 5) is 2.00. The summed E-state index contributed by atoms with van der Waals surface area (Å²) >= 11 is 3.41. The van der Waals surface area contributed by atoms with Crippen LogP contribution in [0.15, 0.2) is 28.7 Å². The summed E-state index contributed by atoms with van der Waals surface area (Å²) in [6.45, 7) is 1.32. The molecule has 16 heavy (non-hydrogen) atoms. The molecule has 0 atom stereocenters. The molecule has 0 heterocycles. The molecule has 0 aliphatic heterocycles. The van der Waals surface area contributed by atoms with Gasteiger partial charge in [-0.15, -0.1) is 0 Å². The molecule has 1 rings (SSSR count). The molecule has 0 amide bonds. The number of rotatable bonds is 5. The minimum Gasteiger partial charge on any atom is -0.301 e. The van der Waals surface area contributed by atoms with Gasteiger partial charge in [-0.3, -0.25) is 0 Å². The lowest BCUT2D eigenvalue weighted by Crippen LogP contribution is -2.24. The summed E-state index contributed by atoms with van der Waals surface area (Å²) in [6, 6.07) is 8.02. The number of sulfone groups is 1. The number of halogens is 1. The Labute approximate surface area is 106 Å². The zero-order chi connectivity index (χ0) is 12.2. The van der Waals surface area contributed by atoms with Crippen molar-refractivity contribution in [3.63, 3.8) is 0 Å². The Morgan fingerprint density at radius 2 is 2.06 bits per heavy atom. The van der Waals surface area contributed by atoms with Crippen molar-refractivity contribution < 1.29 is 8.42 Å². The van der Waals surface area contributed by atoms with Crippen molar-refractivity contribution in [3.8, 4) is 0 Å². The second-order valence-electron chi connectivity index (χ2n) is 4.00. The summed E-state index contributed by atoms with van der Waals surface area (Å²) in [5, 5.41) is 0. The van der Waals surface area contributed by atoms with Crippen LogP contribution in [-0.4, -0.2) is 38.9 Å². The van der Waals surface area contributed by atoms with Gasteiger partial charge in [-0.25, -0.2) is 8.42 Å². The summed E-state index contributed by atoms with van der Waals surface area (Å²) in [5.41, 5.74) is 1.17. The van der Waals surface area contributed by atoms with Crippen molar-refractivity contribution in [1.29, 1.82) is 0 Å². The monoisotopic (exact) mass is 305 g/mol. The van der Waals surface area contributed by atoms with E-state index in [9.17, 15) is 8.42 Å². The lowest BCUT2D eigenvalue weighted by Gasteiger charge is -2.16. The molecule has 0 unspecified atom stereocenters. The van der Waals surface area contributed by atoms with E-state index in [0.29, 0.717) is 6.54 Å². The standard InChI is InChI=1S/C11H16BrNO2S/c1-13(6-7-16(2,14)15)9-10-4-3-5-11(12)8-10/h3-5,8H,6-7,9H2,1-2H3. The van der Waals surface area contributed by atoms with Gasteiger partial charge in [-0.05, 0) is 24.7 Å². The van der Waals surface area contributed by atoms with Gasteiger partial charge in [0, 0.05) is 23.8 Å². The molecule has 1 aromatic rings. The normalized spacial score (nSPS) is 12.0. The first-order chi connectivity index (χ1) is 7.37. The zero-order valence-electron chi connectivity index (χ0n) is 9.48. The quantitative estimate of drug-likeness (QED) is 0.834. The first-order valence-electron chi connectivity index (χ1n) is 4.97. The highest BCUT2D eigenvalue weighted by atomic mass is 79.9. The van der Waals surface area contributed by atoms with Gasteiger partial charge in [0.25, 0.3) is 0 Å². The van der Waals surface area contributed by atoms with Gasteiger partial charge >= 0.3 is 0 Å². The van der Waals surface area contributed by atoms with Crippen molar-refractivity contribution in [2.24, 2.45) is 0 Å². The van der Waals surface area contributed by atoms with Crippen LogP contribution in [0.4, 0.5) is 0 Å². The highest BCUT2D eigenvalue weighted by Gasteiger charge is 2.06. The topological polar surface area (TPSA) is 37.4 Å². The van der Waals surface area contributed by atoms with Gasteiger partial charge < -0.3 is 4.90 Å². The fraction of sp³-hybridized carbons (Fsp3) is 0.455. The molecule has 0 fully saturated rings. The van der Waals surface area contributed by atoms with Gasteiger partial charge in [-0.1, -0.05) is 28.1 Å². The van der Waals surface area contributed by atoms with E-state index in [1.165, 1.54) is 11.8 Å².